The van der Waals surface area contributed by atoms with Gasteiger partial charge in [0.25, 0.3) is 0 Å². The summed E-state index contributed by atoms with van der Waals surface area (Å²) < 4.78 is 11.5. The van der Waals surface area contributed by atoms with Crippen molar-refractivity contribution >= 4 is 22.3 Å². The molecule has 2 aromatic heterocycles. The van der Waals surface area contributed by atoms with Crippen LogP contribution in [0.2, 0.25) is 0 Å². The highest BCUT2D eigenvalue weighted by atomic mass is 32.1. The summed E-state index contributed by atoms with van der Waals surface area (Å²) in [5, 5.41) is 6.40. The van der Waals surface area contributed by atoms with E-state index in [1.165, 1.54) is 0 Å². The molecule has 4 rings (SSSR count). The van der Waals surface area contributed by atoms with Crippen molar-refractivity contribution in [2.75, 3.05) is 43.6 Å². The van der Waals surface area contributed by atoms with Gasteiger partial charge in [0.1, 0.15) is 12.1 Å². The molecule has 8 heteroatoms. The van der Waals surface area contributed by atoms with Crippen LogP contribution < -0.4 is 15.0 Å². The van der Waals surface area contributed by atoms with Crippen LogP contribution in [0.1, 0.15) is 19.3 Å². The van der Waals surface area contributed by atoms with Crippen LogP contribution in [0.3, 0.4) is 0 Å². The van der Waals surface area contributed by atoms with Crippen molar-refractivity contribution in [1.82, 2.24) is 15.0 Å². The predicted octanol–water partition coefficient (Wildman–Crippen LogP) is 2.43. The van der Waals surface area contributed by atoms with E-state index < -0.39 is 0 Å². The molecule has 2 aromatic rings. The molecule has 1 spiro atoms. The Kier molecular flexibility index (Phi) is 4.72. The van der Waals surface area contributed by atoms with Crippen molar-refractivity contribution in [1.29, 1.82) is 0 Å². The maximum Gasteiger partial charge on any atom is 0.218 e. The Bertz CT molecular complexity index is 698. The Labute approximate surface area is 151 Å². The third kappa shape index (κ3) is 3.69. The van der Waals surface area contributed by atoms with E-state index in [0.717, 1.165) is 56.5 Å². The molecule has 2 fully saturated rings. The summed E-state index contributed by atoms with van der Waals surface area (Å²) in [7, 11) is 1.63. The zero-order chi connectivity index (χ0) is 17.1. The number of rotatable bonds is 5. The molecule has 134 valence electrons. The number of anilines is 2. The first kappa shape index (κ1) is 16.5. The molecule has 0 radical (unpaired) electrons. The van der Waals surface area contributed by atoms with E-state index in [4.69, 9.17) is 9.47 Å². The summed E-state index contributed by atoms with van der Waals surface area (Å²) in [5.74, 6) is 2.03. The molecular formula is C17H23N5O2S. The van der Waals surface area contributed by atoms with E-state index in [-0.39, 0.29) is 5.60 Å². The minimum atomic E-state index is -0.0638. The van der Waals surface area contributed by atoms with Crippen LogP contribution >= 0.6 is 11.3 Å². The molecule has 2 atom stereocenters. The maximum absolute atomic E-state index is 6.30. The van der Waals surface area contributed by atoms with Gasteiger partial charge in [-0.25, -0.2) is 15.0 Å². The lowest BCUT2D eigenvalue weighted by Crippen LogP contribution is -2.48. The fourth-order valence-corrected chi connectivity index (χ4v) is 4.34. The van der Waals surface area contributed by atoms with Gasteiger partial charge in [-0.1, -0.05) is 0 Å². The Morgan fingerprint density at radius 3 is 3.24 bits per heavy atom. The number of thiazole rings is 1. The average molecular weight is 361 g/mol. The number of hydrogen-bond donors (Lipinski definition) is 1. The first-order chi connectivity index (χ1) is 12.3. The van der Waals surface area contributed by atoms with Crippen molar-refractivity contribution in [3.05, 3.63) is 24.0 Å². The minimum Gasteiger partial charge on any atom is -0.481 e. The molecule has 0 aliphatic carbocycles. The second kappa shape index (κ2) is 7.13. The zero-order valence-corrected chi connectivity index (χ0v) is 15.2. The molecule has 2 aliphatic rings. The van der Waals surface area contributed by atoms with Gasteiger partial charge in [-0.15, -0.1) is 11.3 Å². The van der Waals surface area contributed by atoms with Gasteiger partial charge in [-0.05, 0) is 19.3 Å². The van der Waals surface area contributed by atoms with Crippen molar-refractivity contribution in [3.63, 3.8) is 0 Å². The predicted molar refractivity (Wildman–Crippen MR) is 97.4 cm³/mol. The summed E-state index contributed by atoms with van der Waals surface area (Å²) >= 11 is 1.64. The summed E-state index contributed by atoms with van der Waals surface area (Å²) in [6.07, 6.45) is 6.68. The fraction of sp³-hybridized carbons (Fsp3) is 0.588. The largest absolute Gasteiger partial charge is 0.481 e. The van der Waals surface area contributed by atoms with Gasteiger partial charge in [-0.2, -0.15) is 0 Å². The lowest BCUT2D eigenvalue weighted by atomic mass is 9.86. The van der Waals surface area contributed by atoms with Gasteiger partial charge in [0.2, 0.25) is 5.88 Å². The highest BCUT2D eigenvalue weighted by molar-refractivity contribution is 7.13. The molecule has 0 saturated carbocycles. The standard InChI is InChI=1S/C17H23N5O2S/c1-23-15-7-14(20-12-21-15)22-5-2-3-17(11-22)8-13(10-24-17)9-19-16-18-4-6-25-16/h4,6-7,12-13H,2-3,5,8-11H2,1H3,(H,18,19)/t13-,17+/m1/s1. The van der Waals surface area contributed by atoms with Crippen LogP contribution in [-0.4, -0.2) is 53.9 Å². The van der Waals surface area contributed by atoms with Gasteiger partial charge >= 0.3 is 0 Å². The Morgan fingerprint density at radius 1 is 1.44 bits per heavy atom. The van der Waals surface area contributed by atoms with Gasteiger partial charge in [0.15, 0.2) is 5.13 Å². The molecule has 25 heavy (non-hydrogen) atoms. The van der Waals surface area contributed by atoms with Crippen LogP contribution in [0, 0.1) is 5.92 Å². The van der Waals surface area contributed by atoms with Crippen molar-refractivity contribution in [2.24, 2.45) is 5.92 Å². The highest BCUT2D eigenvalue weighted by Crippen LogP contribution is 2.38. The van der Waals surface area contributed by atoms with Crippen LogP contribution in [0.4, 0.5) is 10.9 Å². The van der Waals surface area contributed by atoms with Crippen molar-refractivity contribution in [2.45, 2.75) is 24.9 Å². The van der Waals surface area contributed by atoms with Crippen molar-refractivity contribution < 1.29 is 9.47 Å². The molecule has 7 nitrogen and oxygen atoms in total. The summed E-state index contributed by atoms with van der Waals surface area (Å²) in [6.45, 7) is 3.59. The Balaban J connectivity index is 1.38. The molecule has 1 N–H and O–H groups in total. The number of ether oxygens (including phenoxy) is 2. The first-order valence-electron chi connectivity index (χ1n) is 8.65. The molecule has 2 aliphatic heterocycles. The normalized spacial score (nSPS) is 26.1. The van der Waals surface area contributed by atoms with E-state index in [2.05, 4.69) is 25.2 Å². The number of nitrogens with zero attached hydrogens (tertiary/aromatic N) is 4. The van der Waals surface area contributed by atoms with E-state index >= 15 is 0 Å². The smallest absolute Gasteiger partial charge is 0.218 e. The number of aromatic nitrogens is 3. The first-order valence-corrected chi connectivity index (χ1v) is 9.53. The SMILES string of the molecule is COc1cc(N2CCC[C@]3(C[C@H](CNc4nccs4)CO3)C2)ncn1. The van der Waals surface area contributed by atoms with Crippen LogP contribution in [-0.2, 0) is 4.74 Å². The second-order valence-electron chi connectivity index (χ2n) is 6.73. The Morgan fingerprint density at radius 2 is 2.40 bits per heavy atom. The lowest BCUT2D eigenvalue weighted by Gasteiger charge is -2.40. The van der Waals surface area contributed by atoms with Gasteiger partial charge in [0.05, 0.1) is 19.3 Å². The lowest BCUT2D eigenvalue weighted by molar-refractivity contribution is -0.00705. The topological polar surface area (TPSA) is 72.4 Å². The number of methoxy groups -OCH3 is 1. The molecule has 0 aromatic carbocycles. The fourth-order valence-electron chi connectivity index (χ4n) is 3.80. The zero-order valence-electron chi connectivity index (χ0n) is 14.4. The van der Waals surface area contributed by atoms with Gasteiger partial charge in [-0.3, -0.25) is 0 Å². The van der Waals surface area contributed by atoms with Crippen molar-refractivity contribution in [3.8, 4) is 5.88 Å². The van der Waals surface area contributed by atoms with E-state index in [9.17, 15) is 0 Å². The summed E-state index contributed by atoms with van der Waals surface area (Å²) in [6, 6.07) is 1.90. The molecule has 2 saturated heterocycles. The third-order valence-corrected chi connectivity index (χ3v) is 5.69. The number of hydrogen-bond acceptors (Lipinski definition) is 8. The van der Waals surface area contributed by atoms with E-state index in [1.54, 1.807) is 24.8 Å². The van der Waals surface area contributed by atoms with Gasteiger partial charge < -0.3 is 19.7 Å². The third-order valence-electron chi connectivity index (χ3n) is 4.96. The monoisotopic (exact) mass is 361 g/mol. The Hall–Kier alpha value is -1.93. The molecular weight excluding hydrogens is 338 g/mol. The average Bonchev–Trinajstić information content (AvgIpc) is 3.30. The minimum absolute atomic E-state index is 0.0638. The quantitative estimate of drug-likeness (QED) is 0.877. The number of piperidine rings is 1. The van der Waals surface area contributed by atoms with E-state index in [1.807, 2.05) is 17.6 Å². The molecule has 0 unspecified atom stereocenters. The molecule has 0 amide bonds. The molecule has 4 heterocycles. The van der Waals surface area contributed by atoms with Crippen LogP contribution in [0.15, 0.2) is 24.0 Å². The summed E-state index contributed by atoms with van der Waals surface area (Å²) in [4.78, 5) is 15.1. The molecule has 0 bridgehead atoms. The highest BCUT2D eigenvalue weighted by Gasteiger charge is 2.43. The van der Waals surface area contributed by atoms with Crippen LogP contribution in [0.25, 0.3) is 0 Å². The second-order valence-corrected chi connectivity index (χ2v) is 7.62. The van der Waals surface area contributed by atoms with Gasteiger partial charge in [0, 0.05) is 43.2 Å². The number of nitrogens with one attached hydrogen (secondary N) is 1. The summed E-state index contributed by atoms with van der Waals surface area (Å²) in [5.41, 5.74) is -0.0638. The maximum atomic E-state index is 6.30. The van der Waals surface area contributed by atoms with Crippen LogP contribution in [0.5, 0.6) is 5.88 Å². The van der Waals surface area contributed by atoms with E-state index in [0.29, 0.717) is 11.8 Å².